The van der Waals surface area contributed by atoms with Gasteiger partial charge in [0.05, 0.1) is 13.7 Å². The molecular weight excluding hydrogens is 254 g/mol. The average molecular weight is 273 g/mol. The molecule has 0 aliphatic heterocycles. The van der Waals surface area contributed by atoms with E-state index in [2.05, 4.69) is 4.72 Å². The first-order valence-electron chi connectivity index (χ1n) is 5.51. The maximum absolute atomic E-state index is 12.2. The Morgan fingerprint density at radius 1 is 1.33 bits per heavy atom. The van der Waals surface area contributed by atoms with Crippen LogP contribution in [-0.4, -0.2) is 26.2 Å². The maximum atomic E-state index is 12.2. The zero-order valence-corrected chi connectivity index (χ0v) is 11.8. The van der Waals surface area contributed by atoms with Crippen LogP contribution in [0, 0.1) is 0 Å². The van der Waals surface area contributed by atoms with E-state index in [0.717, 1.165) is 0 Å². The van der Waals surface area contributed by atoms with Gasteiger partial charge in [0.1, 0.15) is 10.6 Å². The van der Waals surface area contributed by atoms with Crippen LogP contribution >= 0.6 is 0 Å². The minimum Gasteiger partial charge on any atom is -0.495 e. The van der Waals surface area contributed by atoms with Crippen LogP contribution in [0.5, 0.6) is 5.75 Å². The fourth-order valence-electron chi connectivity index (χ4n) is 1.49. The van der Waals surface area contributed by atoms with Crippen molar-refractivity contribution < 1.29 is 18.3 Å². The van der Waals surface area contributed by atoms with Gasteiger partial charge in [-0.1, -0.05) is 6.07 Å². The quantitative estimate of drug-likeness (QED) is 0.866. The van der Waals surface area contributed by atoms with Crippen LogP contribution in [-0.2, 0) is 16.6 Å². The highest BCUT2D eigenvalue weighted by Crippen LogP contribution is 2.26. The molecule has 0 aromatic heterocycles. The Labute approximate surface area is 108 Å². The van der Waals surface area contributed by atoms with Crippen LogP contribution in [0.3, 0.4) is 0 Å². The molecule has 0 fully saturated rings. The van der Waals surface area contributed by atoms with Crippen LogP contribution in [0.4, 0.5) is 0 Å². The standard InChI is InChI=1S/C12H19NO4S/c1-12(2,3)13-18(15,16)11-6-5-9(8-14)7-10(11)17-4/h5-7,13-14H,8H2,1-4H3. The van der Waals surface area contributed by atoms with Gasteiger partial charge in [-0.05, 0) is 38.5 Å². The topological polar surface area (TPSA) is 75.6 Å². The Bertz CT molecular complexity index is 517. The lowest BCUT2D eigenvalue weighted by Gasteiger charge is -2.21. The molecule has 0 unspecified atom stereocenters. The van der Waals surface area contributed by atoms with Gasteiger partial charge in [-0.25, -0.2) is 13.1 Å². The lowest BCUT2D eigenvalue weighted by Crippen LogP contribution is -2.40. The molecule has 5 nitrogen and oxygen atoms in total. The van der Waals surface area contributed by atoms with Crippen LogP contribution in [0.15, 0.2) is 23.1 Å². The molecule has 0 bridgehead atoms. The molecule has 6 heteroatoms. The van der Waals surface area contributed by atoms with Crippen LogP contribution < -0.4 is 9.46 Å². The van der Waals surface area contributed by atoms with Gasteiger partial charge in [0.15, 0.2) is 0 Å². The molecule has 0 atom stereocenters. The van der Waals surface area contributed by atoms with Crippen molar-refractivity contribution in [1.82, 2.24) is 4.72 Å². The van der Waals surface area contributed by atoms with E-state index >= 15 is 0 Å². The Morgan fingerprint density at radius 2 is 1.94 bits per heavy atom. The first kappa shape index (κ1) is 14.9. The molecule has 1 aromatic rings. The summed E-state index contributed by atoms with van der Waals surface area (Å²) in [6.45, 7) is 5.13. The Morgan fingerprint density at radius 3 is 2.39 bits per heavy atom. The molecule has 0 spiro atoms. The molecule has 0 amide bonds. The molecular formula is C12H19NO4S. The van der Waals surface area contributed by atoms with Crippen molar-refractivity contribution in [2.75, 3.05) is 7.11 Å². The summed E-state index contributed by atoms with van der Waals surface area (Å²) in [7, 11) is -2.25. The van der Waals surface area contributed by atoms with Gasteiger partial charge >= 0.3 is 0 Å². The summed E-state index contributed by atoms with van der Waals surface area (Å²) in [5.74, 6) is 0.221. The van der Waals surface area contributed by atoms with E-state index in [4.69, 9.17) is 9.84 Å². The maximum Gasteiger partial charge on any atom is 0.244 e. The van der Waals surface area contributed by atoms with E-state index in [0.29, 0.717) is 5.56 Å². The van der Waals surface area contributed by atoms with E-state index in [-0.39, 0.29) is 17.3 Å². The predicted octanol–water partition coefficient (Wildman–Crippen LogP) is 1.26. The molecule has 0 saturated heterocycles. The van der Waals surface area contributed by atoms with Gasteiger partial charge < -0.3 is 9.84 Å². The molecule has 0 radical (unpaired) electrons. The third kappa shape index (κ3) is 3.69. The fourth-order valence-corrected chi connectivity index (χ4v) is 3.06. The second-order valence-electron chi connectivity index (χ2n) is 5.00. The summed E-state index contributed by atoms with van der Waals surface area (Å²) >= 11 is 0. The predicted molar refractivity (Wildman–Crippen MR) is 69.0 cm³/mol. The Balaban J connectivity index is 3.24. The minimum atomic E-state index is -3.64. The number of ether oxygens (including phenoxy) is 1. The second kappa shape index (κ2) is 5.26. The number of aliphatic hydroxyl groups is 1. The number of nitrogens with one attached hydrogen (secondary N) is 1. The van der Waals surface area contributed by atoms with Crippen LogP contribution in [0.2, 0.25) is 0 Å². The number of sulfonamides is 1. The minimum absolute atomic E-state index is 0.0668. The highest BCUT2D eigenvalue weighted by molar-refractivity contribution is 7.89. The van der Waals surface area contributed by atoms with Crippen molar-refractivity contribution in [1.29, 1.82) is 0 Å². The van der Waals surface area contributed by atoms with E-state index in [1.54, 1.807) is 26.8 Å². The number of hydrogen-bond donors (Lipinski definition) is 2. The highest BCUT2D eigenvalue weighted by Gasteiger charge is 2.25. The molecule has 102 valence electrons. The van der Waals surface area contributed by atoms with Crippen molar-refractivity contribution in [2.24, 2.45) is 0 Å². The largest absolute Gasteiger partial charge is 0.495 e. The summed E-state index contributed by atoms with van der Waals surface area (Å²) in [5, 5.41) is 9.02. The zero-order valence-electron chi connectivity index (χ0n) is 11.0. The number of benzene rings is 1. The van der Waals surface area contributed by atoms with Gasteiger partial charge in [0.25, 0.3) is 0 Å². The summed E-state index contributed by atoms with van der Waals surface area (Å²) in [6.07, 6.45) is 0. The Kier molecular flexibility index (Phi) is 4.37. The second-order valence-corrected chi connectivity index (χ2v) is 6.65. The monoisotopic (exact) mass is 273 g/mol. The zero-order chi connectivity index (χ0) is 14.0. The van der Waals surface area contributed by atoms with E-state index in [1.807, 2.05) is 0 Å². The number of rotatable bonds is 4. The number of methoxy groups -OCH3 is 1. The van der Waals surface area contributed by atoms with Gasteiger partial charge in [0.2, 0.25) is 10.0 Å². The van der Waals surface area contributed by atoms with Crippen LogP contribution in [0.25, 0.3) is 0 Å². The van der Waals surface area contributed by atoms with Gasteiger partial charge in [-0.3, -0.25) is 0 Å². The first-order chi connectivity index (χ1) is 8.19. The smallest absolute Gasteiger partial charge is 0.244 e. The average Bonchev–Trinajstić information content (AvgIpc) is 2.24. The van der Waals surface area contributed by atoms with Gasteiger partial charge in [0, 0.05) is 5.54 Å². The van der Waals surface area contributed by atoms with Gasteiger partial charge in [-0.2, -0.15) is 0 Å². The molecule has 0 aliphatic rings. The SMILES string of the molecule is COc1cc(CO)ccc1S(=O)(=O)NC(C)(C)C. The number of hydrogen-bond acceptors (Lipinski definition) is 4. The molecule has 1 aromatic carbocycles. The fraction of sp³-hybridized carbons (Fsp3) is 0.500. The number of aliphatic hydroxyl groups excluding tert-OH is 1. The van der Waals surface area contributed by atoms with Gasteiger partial charge in [-0.15, -0.1) is 0 Å². The van der Waals surface area contributed by atoms with E-state index in [1.165, 1.54) is 19.2 Å². The lowest BCUT2D eigenvalue weighted by molar-refractivity contribution is 0.280. The van der Waals surface area contributed by atoms with Crippen molar-refractivity contribution >= 4 is 10.0 Å². The van der Waals surface area contributed by atoms with E-state index in [9.17, 15) is 8.42 Å². The Hall–Kier alpha value is -1.11. The molecule has 2 N–H and O–H groups in total. The normalized spacial score (nSPS) is 12.5. The molecule has 0 aliphatic carbocycles. The summed E-state index contributed by atoms with van der Waals surface area (Å²) in [4.78, 5) is 0.0668. The molecule has 0 heterocycles. The third-order valence-corrected chi connectivity index (χ3v) is 3.94. The lowest BCUT2D eigenvalue weighted by atomic mass is 10.1. The highest BCUT2D eigenvalue weighted by atomic mass is 32.2. The van der Waals surface area contributed by atoms with Crippen molar-refractivity contribution in [3.8, 4) is 5.75 Å². The van der Waals surface area contributed by atoms with E-state index < -0.39 is 15.6 Å². The summed E-state index contributed by atoms with van der Waals surface area (Å²) in [5.41, 5.74) is 0.0287. The first-order valence-corrected chi connectivity index (χ1v) is 6.99. The van der Waals surface area contributed by atoms with Crippen LogP contribution in [0.1, 0.15) is 26.3 Å². The van der Waals surface area contributed by atoms with Crippen molar-refractivity contribution in [3.05, 3.63) is 23.8 Å². The molecule has 18 heavy (non-hydrogen) atoms. The van der Waals surface area contributed by atoms with Crippen molar-refractivity contribution in [2.45, 2.75) is 37.8 Å². The summed E-state index contributed by atoms with van der Waals surface area (Å²) in [6, 6.07) is 4.50. The molecule has 0 saturated carbocycles. The van der Waals surface area contributed by atoms with Crippen molar-refractivity contribution in [3.63, 3.8) is 0 Å². The molecule has 1 rings (SSSR count). The third-order valence-electron chi connectivity index (χ3n) is 2.14. The summed E-state index contributed by atoms with van der Waals surface area (Å²) < 4.78 is 32.0.